The van der Waals surface area contributed by atoms with Crippen LogP contribution in [0.3, 0.4) is 0 Å². The smallest absolute Gasteiger partial charge is 0.267 e. The zero-order valence-corrected chi connectivity index (χ0v) is 17.5. The number of hydrogen-bond acceptors (Lipinski definition) is 3. The summed E-state index contributed by atoms with van der Waals surface area (Å²) < 4.78 is 27.7. The van der Waals surface area contributed by atoms with Crippen molar-refractivity contribution in [3.63, 3.8) is 0 Å². The minimum absolute atomic E-state index is 0.0943. The number of carbonyl (C=O) groups excluding carboxylic acids is 1. The van der Waals surface area contributed by atoms with Crippen molar-refractivity contribution < 1.29 is 13.2 Å². The van der Waals surface area contributed by atoms with Crippen molar-refractivity contribution >= 4 is 21.6 Å². The largest absolute Gasteiger partial charge is 0.281 e. The van der Waals surface area contributed by atoms with Gasteiger partial charge in [-0.15, -0.1) is 0 Å². The summed E-state index contributed by atoms with van der Waals surface area (Å²) in [5.41, 5.74) is 4.18. The van der Waals surface area contributed by atoms with Crippen molar-refractivity contribution in [3.8, 4) is 0 Å². The normalized spacial score (nSPS) is 11.7. The van der Waals surface area contributed by atoms with Crippen LogP contribution in [0.25, 0.3) is 0 Å². The van der Waals surface area contributed by atoms with Gasteiger partial charge in [0.2, 0.25) is 0 Å². The lowest BCUT2D eigenvalue weighted by Crippen LogP contribution is -2.46. The number of nitrogens with zero attached hydrogens (tertiary/aromatic N) is 1. The molecule has 0 aliphatic heterocycles. The van der Waals surface area contributed by atoms with Gasteiger partial charge in [-0.05, 0) is 47.4 Å². The van der Waals surface area contributed by atoms with Crippen molar-refractivity contribution in [2.45, 2.75) is 31.1 Å². The van der Waals surface area contributed by atoms with Crippen molar-refractivity contribution in [1.29, 1.82) is 0 Å². The number of hydrazine groups is 1. The molecule has 6 heteroatoms. The molecule has 0 aliphatic carbocycles. The van der Waals surface area contributed by atoms with Gasteiger partial charge in [0, 0.05) is 5.56 Å². The SMILES string of the molecule is CC(C)(C)c1ccc(S(=O)(=O)N(NC(=O)c2ccccc2)c2ccccc2)cc1. The number of benzene rings is 3. The van der Waals surface area contributed by atoms with Gasteiger partial charge in [0.25, 0.3) is 15.9 Å². The fourth-order valence-corrected chi connectivity index (χ4v) is 4.10. The third-order valence-corrected chi connectivity index (χ3v) is 6.14. The lowest BCUT2D eigenvalue weighted by Gasteiger charge is -2.25. The molecule has 0 bridgehead atoms. The molecule has 0 aliphatic rings. The van der Waals surface area contributed by atoms with E-state index in [1.165, 1.54) is 0 Å². The molecule has 3 rings (SSSR count). The molecule has 1 amide bonds. The molecule has 5 nitrogen and oxygen atoms in total. The maximum atomic E-state index is 13.4. The van der Waals surface area contributed by atoms with Crippen LogP contribution in [0, 0.1) is 0 Å². The Hall–Kier alpha value is -3.12. The van der Waals surface area contributed by atoms with Crippen LogP contribution in [0.2, 0.25) is 0 Å². The monoisotopic (exact) mass is 408 g/mol. The van der Waals surface area contributed by atoms with Crippen LogP contribution in [-0.4, -0.2) is 14.3 Å². The van der Waals surface area contributed by atoms with E-state index in [0.29, 0.717) is 11.3 Å². The van der Waals surface area contributed by atoms with Crippen LogP contribution < -0.4 is 9.84 Å². The van der Waals surface area contributed by atoms with E-state index in [1.54, 1.807) is 84.9 Å². The Balaban J connectivity index is 2.00. The van der Waals surface area contributed by atoms with Crippen molar-refractivity contribution in [2.75, 3.05) is 4.41 Å². The van der Waals surface area contributed by atoms with Gasteiger partial charge in [0.15, 0.2) is 0 Å². The van der Waals surface area contributed by atoms with Crippen LogP contribution in [0.5, 0.6) is 0 Å². The van der Waals surface area contributed by atoms with Crippen LogP contribution >= 0.6 is 0 Å². The molecule has 3 aromatic rings. The minimum Gasteiger partial charge on any atom is -0.267 e. The lowest BCUT2D eigenvalue weighted by molar-refractivity contribution is 0.0955. The second-order valence-corrected chi connectivity index (χ2v) is 9.47. The van der Waals surface area contributed by atoms with E-state index in [0.717, 1.165) is 9.98 Å². The van der Waals surface area contributed by atoms with E-state index in [9.17, 15) is 13.2 Å². The standard InChI is InChI=1S/C23H24N2O3S/c1-23(2,3)19-14-16-21(17-15-19)29(27,28)25(20-12-8-5-9-13-20)24-22(26)18-10-6-4-7-11-18/h4-17H,1-3H3,(H,24,26). The predicted molar refractivity (Wildman–Crippen MR) is 115 cm³/mol. The Morgan fingerprint density at radius 3 is 1.83 bits per heavy atom. The molecule has 0 atom stereocenters. The number of carbonyl (C=O) groups is 1. The molecule has 0 aromatic heterocycles. The first-order chi connectivity index (χ1) is 13.7. The zero-order chi connectivity index (χ0) is 21.1. The first-order valence-electron chi connectivity index (χ1n) is 9.26. The molecule has 0 unspecified atom stereocenters. The number of rotatable bonds is 5. The number of nitrogens with one attached hydrogen (secondary N) is 1. The first-order valence-corrected chi connectivity index (χ1v) is 10.7. The third kappa shape index (κ3) is 4.66. The van der Waals surface area contributed by atoms with E-state index < -0.39 is 15.9 Å². The predicted octanol–water partition coefficient (Wildman–Crippen LogP) is 4.52. The Bertz CT molecular complexity index is 1070. The lowest BCUT2D eigenvalue weighted by atomic mass is 9.87. The molecule has 0 saturated carbocycles. The zero-order valence-electron chi connectivity index (χ0n) is 16.7. The highest BCUT2D eigenvalue weighted by atomic mass is 32.2. The van der Waals surface area contributed by atoms with Gasteiger partial charge in [-0.25, -0.2) is 5.43 Å². The molecular formula is C23H24N2O3S. The Kier molecular flexibility index (Phi) is 5.75. The van der Waals surface area contributed by atoms with Gasteiger partial charge in [-0.1, -0.05) is 69.3 Å². The summed E-state index contributed by atoms with van der Waals surface area (Å²) >= 11 is 0. The summed E-state index contributed by atoms with van der Waals surface area (Å²) in [5, 5.41) is 0. The van der Waals surface area contributed by atoms with Crippen LogP contribution in [0.15, 0.2) is 89.8 Å². The number of amides is 1. The summed E-state index contributed by atoms with van der Waals surface area (Å²) in [6.07, 6.45) is 0. The Morgan fingerprint density at radius 1 is 0.793 bits per heavy atom. The summed E-state index contributed by atoms with van der Waals surface area (Å²) in [6.45, 7) is 6.19. The molecule has 1 N–H and O–H groups in total. The fourth-order valence-electron chi connectivity index (χ4n) is 2.81. The Labute approximate surface area is 172 Å². The second-order valence-electron chi connectivity index (χ2n) is 7.69. The average molecular weight is 409 g/mol. The molecule has 150 valence electrons. The van der Waals surface area contributed by atoms with Gasteiger partial charge in [-0.3, -0.25) is 4.79 Å². The van der Waals surface area contributed by atoms with Crippen LogP contribution in [0.1, 0.15) is 36.7 Å². The van der Waals surface area contributed by atoms with Gasteiger partial charge >= 0.3 is 0 Å². The molecule has 0 fully saturated rings. The minimum atomic E-state index is -4.02. The molecule has 29 heavy (non-hydrogen) atoms. The summed E-state index contributed by atoms with van der Waals surface area (Å²) in [4.78, 5) is 12.8. The van der Waals surface area contributed by atoms with E-state index in [2.05, 4.69) is 26.2 Å². The molecule has 0 saturated heterocycles. The second kappa shape index (κ2) is 8.09. The number of para-hydroxylation sites is 1. The van der Waals surface area contributed by atoms with E-state index >= 15 is 0 Å². The fraction of sp³-hybridized carbons (Fsp3) is 0.174. The highest BCUT2D eigenvalue weighted by molar-refractivity contribution is 7.92. The Morgan fingerprint density at radius 2 is 1.31 bits per heavy atom. The highest BCUT2D eigenvalue weighted by Crippen LogP contribution is 2.26. The van der Waals surface area contributed by atoms with Gasteiger partial charge < -0.3 is 0 Å². The van der Waals surface area contributed by atoms with Crippen molar-refractivity contribution in [2.24, 2.45) is 0 Å². The maximum absolute atomic E-state index is 13.4. The van der Waals surface area contributed by atoms with Crippen LogP contribution in [-0.2, 0) is 15.4 Å². The number of sulfonamides is 1. The molecule has 3 aromatic carbocycles. The third-order valence-electron chi connectivity index (χ3n) is 4.49. The van der Waals surface area contributed by atoms with Crippen LogP contribution in [0.4, 0.5) is 5.69 Å². The van der Waals surface area contributed by atoms with Crippen molar-refractivity contribution in [1.82, 2.24) is 5.43 Å². The van der Waals surface area contributed by atoms with Gasteiger partial charge in [-0.2, -0.15) is 12.8 Å². The van der Waals surface area contributed by atoms with E-state index in [4.69, 9.17) is 0 Å². The number of anilines is 1. The van der Waals surface area contributed by atoms with E-state index in [1.807, 2.05) is 0 Å². The first kappa shape index (κ1) is 20.6. The maximum Gasteiger partial charge on any atom is 0.281 e. The summed E-state index contributed by atoms with van der Waals surface area (Å²) in [6, 6.07) is 23.7. The van der Waals surface area contributed by atoms with E-state index in [-0.39, 0.29) is 10.3 Å². The molecular weight excluding hydrogens is 384 g/mol. The number of hydrogen-bond donors (Lipinski definition) is 1. The van der Waals surface area contributed by atoms with Crippen molar-refractivity contribution in [3.05, 3.63) is 96.1 Å². The summed E-state index contributed by atoms with van der Waals surface area (Å²) in [7, 11) is -4.02. The average Bonchev–Trinajstić information content (AvgIpc) is 2.72. The molecule has 0 spiro atoms. The molecule has 0 heterocycles. The highest BCUT2D eigenvalue weighted by Gasteiger charge is 2.27. The summed E-state index contributed by atoms with van der Waals surface area (Å²) in [5.74, 6) is -0.510. The molecule has 0 radical (unpaired) electrons. The van der Waals surface area contributed by atoms with Gasteiger partial charge in [0.05, 0.1) is 10.6 Å². The quantitative estimate of drug-likeness (QED) is 0.631. The van der Waals surface area contributed by atoms with Gasteiger partial charge in [0.1, 0.15) is 0 Å². The topological polar surface area (TPSA) is 66.5 Å².